The first kappa shape index (κ1) is 17.2. The monoisotopic (exact) mass is 339 g/mol. The highest BCUT2D eigenvalue weighted by molar-refractivity contribution is 7.09. The summed E-state index contributed by atoms with van der Waals surface area (Å²) in [4.78, 5) is 16.0. The Morgan fingerprint density at radius 2 is 2.26 bits per heavy atom. The lowest BCUT2D eigenvalue weighted by Crippen LogP contribution is -2.31. The molecule has 23 heavy (non-hydrogen) atoms. The van der Waals surface area contributed by atoms with Crippen molar-refractivity contribution < 1.29 is 18.7 Å². The molecule has 0 saturated heterocycles. The Morgan fingerprint density at radius 3 is 2.91 bits per heavy atom. The summed E-state index contributed by atoms with van der Waals surface area (Å²) in [6.45, 7) is 2.45. The van der Waals surface area contributed by atoms with Crippen LogP contribution in [0.15, 0.2) is 29.8 Å². The molecule has 1 unspecified atom stereocenters. The second kappa shape index (κ2) is 8.44. The van der Waals surface area contributed by atoms with E-state index in [2.05, 4.69) is 15.6 Å². The van der Waals surface area contributed by atoms with E-state index in [1.165, 1.54) is 30.6 Å². The third-order valence-electron chi connectivity index (χ3n) is 2.90. The Balaban J connectivity index is 1.89. The number of hydrogen-bond donors (Lipinski definition) is 2. The molecular weight excluding hydrogens is 321 g/mol. The molecule has 2 amide bonds. The number of benzene rings is 1. The molecule has 0 aliphatic heterocycles. The quantitative estimate of drug-likeness (QED) is 0.760. The molecule has 0 saturated carbocycles. The first-order valence-corrected chi connectivity index (χ1v) is 7.86. The Kier molecular flexibility index (Phi) is 6.30. The fourth-order valence-electron chi connectivity index (χ4n) is 1.80. The summed E-state index contributed by atoms with van der Waals surface area (Å²) < 4.78 is 23.9. The molecule has 0 aliphatic rings. The number of methoxy groups -OCH3 is 1. The van der Waals surface area contributed by atoms with Crippen LogP contribution in [0.25, 0.3) is 0 Å². The summed E-state index contributed by atoms with van der Waals surface area (Å²) in [6, 6.07) is 3.58. The summed E-state index contributed by atoms with van der Waals surface area (Å²) in [7, 11) is 1.54. The summed E-state index contributed by atoms with van der Waals surface area (Å²) in [5.41, 5.74) is 0.338. The number of hydrogen-bond acceptors (Lipinski definition) is 5. The fraction of sp³-hybridized carbons (Fsp3) is 0.333. The van der Waals surface area contributed by atoms with Crippen molar-refractivity contribution in [2.24, 2.45) is 0 Å². The number of amides is 2. The molecule has 1 aromatic heterocycles. The molecule has 0 radical (unpaired) electrons. The van der Waals surface area contributed by atoms with E-state index in [-0.39, 0.29) is 18.4 Å². The van der Waals surface area contributed by atoms with E-state index < -0.39 is 11.8 Å². The summed E-state index contributed by atoms with van der Waals surface area (Å²) in [5, 5.41) is 7.95. The topological polar surface area (TPSA) is 72.5 Å². The second-order valence-electron chi connectivity index (χ2n) is 4.68. The van der Waals surface area contributed by atoms with Crippen LogP contribution in [-0.2, 0) is 4.74 Å². The van der Waals surface area contributed by atoms with Crippen LogP contribution < -0.4 is 15.4 Å². The molecule has 2 rings (SSSR count). The van der Waals surface area contributed by atoms with Gasteiger partial charge in [-0.15, -0.1) is 11.3 Å². The minimum atomic E-state index is -0.549. The van der Waals surface area contributed by atoms with Crippen LogP contribution in [0.4, 0.5) is 14.9 Å². The lowest BCUT2D eigenvalue weighted by atomic mass is 10.3. The number of nitrogens with one attached hydrogen (secondary N) is 2. The first-order valence-electron chi connectivity index (χ1n) is 6.98. The SMILES string of the molecule is COCCOc1ccc(NC(=O)NC(C)c2nccs2)cc1F. The van der Waals surface area contributed by atoms with Crippen molar-refractivity contribution in [2.75, 3.05) is 25.6 Å². The van der Waals surface area contributed by atoms with Crippen molar-refractivity contribution in [3.63, 3.8) is 0 Å². The van der Waals surface area contributed by atoms with Gasteiger partial charge in [0.25, 0.3) is 0 Å². The number of nitrogens with zero attached hydrogens (tertiary/aromatic N) is 1. The number of ether oxygens (including phenoxy) is 2. The highest BCUT2D eigenvalue weighted by Crippen LogP contribution is 2.21. The lowest BCUT2D eigenvalue weighted by molar-refractivity contribution is 0.144. The van der Waals surface area contributed by atoms with Crippen LogP contribution in [0.5, 0.6) is 5.75 Å². The molecule has 1 atom stereocenters. The predicted molar refractivity (Wildman–Crippen MR) is 86.5 cm³/mol. The van der Waals surface area contributed by atoms with Crippen LogP contribution in [0.3, 0.4) is 0 Å². The van der Waals surface area contributed by atoms with Gasteiger partial charge in [0, 0.05) is 30.4 Å². The lowest BCUT2D eigenvalue weighted by Gasteiger charge is -2.13. The maximum Gasteiger partial charge on any atom is 0.319 e. The summed E-state index contributed by atoms with van der Waals surface area (Å²) >= 11 is 1.45. The van der Waals surface area contributed by atoms with Crippen molar-refractivity contribution in [1.29, 1.82) is 0 Å². The summed E-state index contributed by atoms with van der Waals surface area (Å²) in [6.07, 6.45) is 1.67. The minimum Gasteiger partial charge on any atom is -0.488 e. The van der Waals surface area contributed by atoms with E-state index in [4.69, 9.17) is 9.47 Å². The van der Waals surface area contributed by atoms with E-state index in [1.54, 1.807) is 12.3 Å². The number of thiazole rings is 1. The van der Waals surface area contributed by atoms with Crippen molar-refractivity contribution >= 4 is 23.1 Å². The van der Waals surface area contributed by atoms with Crippen molar-refractivity contribution in [2.45, 2.75) is 13.0 Å². The van der Waals surface area contributed by atoms with Gasteiger partial charge in [-0.1, -0.05) is 0 Å². The largest absolute Gasteiger partial charge is 0.488 e. The molecule has 0 aliphatic carbocycles. The molecular formula is C15H18FN3O3S. The molecule has 1 heterocycles. The predicted octanol–water partition coefficient (Wildman–Crippen LogP) is 3.19. The van der Waals surface area contributed by atoms with Gasteiger partial charge in [0.2, 0.25) is 0 Å². The van der Waals surface area contributed by atoms with Gasteiger partial charge >= 0.3 is 6.03 Å². The van der Waals surface area contributed by atoms with E-state index in [9.17, 15) is 9.18 Å². The first-order chi connectivity index (χ1) is 11.1. The van der Waals surface area contributed by atoms with Crippen molar-refractivity contribution in [3.05, 3.63) is 40.6 Å². The van der Waals surface area contributed by atoms with Gasteiger partial charge in [0.05, 0.1) is 12.6 Å². The number of rotatable bonds is 7. The van der Waals surface area contributed by atoms with E-state index in [1.807, 2.05) is 12.3 Å². The van der Waals surface area contributed by atoms with Gasteiger partial charge in [-0.25, -0.2) is 14.2 Å². The Hall–Kier alpha value is -2.19. The molecule has 6 nitrogen and oxygen atoms in total. The third-order valence-corrected chi connectivity index (χ3v) is 3.86. The zero-order valence-electron chi connectivity index (χ0n) is 12.8. The fourth-order valence-corrected chi connectivity index (χ4v) is 2.45. The number of carbonyl (C=O) groups excluding carboxylic acids is 1. The average molecular weight is 339 g/mol. The van der Waals surface area contributed by atoms with Crippen LogP contribution >= 0.6 is 11.3 Å². The molecule has 0 spiro atoms. The van der Waals surface area contributed by atoms with Gasteiger partial charge in [-0.2, -0.15) is 0 Å². The normalized spacial score (nSPS) is 11.8. The number of aromatic nitrogens is 1. The zero-order valence-corrected chi connectivity index (χ0v) is 13.7. The van der Waals surface area contributed by atoms with Crippen molar-refractivity contribution in [3.8, 4) is 5.75 Å². The molecule has 1 aromatic carbocycles. The molecule has 8 heteroatoms. The van der Waals surface area contributed by atoms with Crippen LogP contribution in [-0.4, -0.2) is 31.3 Å². The van der Waals surface area contributed by atoms with E-state index in [0.717, 1.165) is 5.01 Å². The Bertz CT molecular complexity index is 637. The molecule has 0 fully saturated rings. The zero-order chi connectivity index (χ0) is 16.7. The average Bonchev–Trinajstić information content (AvgIpc) is 3.04. The standard InChI is InChI=1S/C15H18FN3O3S/c1-10(14-17-5-8-23-14)18-15(20)19-11-3-4-13(12(16)9-11)22-7-6-21-2/h3-5,8-10H,6-7H2,1-2H3,(H2,18,19,20). The van der Waals surface area contributed by atoms with Gasteiger partial charge in [0.1, 0.15) is 11.6 Å². The summed E-state index contributed by atoms with van der Waals surface area (Å²) in [5.74, 6) is -0.434. The van der Waals surface area contributed by atoms with Gasteiger partial charge in [-0.3, -0.25) is 0 Å². The molecule has 2 aromatic rings. The number of anilines is 1. The maximum absolute atomic E-state index is 13.9. The highest BCUT2D eigenvalue weighted by atomic mass is 32.1. The highest BCUT2D eigenvalue weighted by Gasteiger charge is 2.12. The molecule has 0 bridgehead atoms. The molecule has 124 valence electrons. The smallest absolute Gasteiger partial charge is 0.319 e. The van der Waals surface area contributed by atoms with Crippen molar-refractivity contribution in [1.82, 2.24) is 10.3 Å². The van der Waals surface area contributed by atoms with Gasteiger partial charge < -0.3 is 20.1 Å². The van der Waals surface area contributed by atoms with Gasteiger partial charge in [-0.05, 0) is 19.1 Å². The minimum absolute atomic E-state index is 0.115. The van der Waals surface area contributed by atoms with Crippen LogP contribution in [0, 0.1) is 5.82 Å². The van der Waals surface area contributed by atoms with Crippen LogP contribution in [0.1, 0.15) is 18.0 Å². The second-order valence-corrected chi connectivity index (χ2v) is 5.60. The maximum atomic E-state index is 13.9. The number of halogens is 1. The Labute approximate surface area is 137 Å². The van der Waals surface area contributed by atoms with Gasteiger partial charge in [0.15, 0.2) is 11.6 Å². The number of urea groups is 1. The van der Waals surface area contributed by atoms with E-state index in [0.29, 0.717) is 12.3 Å². The van der Waals surface area contributed by atoms with E-state index >= 15 is 0 Å². The number of carbonyl (C=O) groups is 1. The Morgan fingerprint density at radius 1 is 1.43 bits per heavy atom. The third kappa shape index (κ3) is 5.19. The molecule has 2 N–H and O–H groups in total. The van der Waals surface area contributed by atoms with Crippen LogP contribution in [0.2, 0.25) is 0 Å².